The zero-order valence-electron chi connectivity index (χ0n) is 30.1. The van der Waals surface area contributed by atoms with E-state index in [1.807, 2.05) is 0 Å². The van der Waals surface area contributed by atoms with Crippen LogP contribution >= 0.6 is 11.6 Å². The fraction of sp³-hybridized carbons (Fsp3) is 0.432. The predicted octanol–water partition coefficient (Wildman–Crippen LogP) is 4.68. The maximum absolute atomic E-state index is 14.5. The Morgan fingerprint density at radius 3 is 2.41 bits per heavy atom. The molecule has 19 heteroatoms. The third-order valence-electron chi connectivity index (χ3n) is 11.2. The van der Waals surface area contributed by atoms with Gasteiger partial charge in [0.25, 0.3) is 11.5 Å². The second kappa shape index (κ2) is 13.6. The molecule has 3 aliphatic heterocycles. The summed E-state index contributed by atoms with van der Waals surface area (Å²) in [5, 5.41) is 17.1. The molecule has 1 spiro atoms. The van der Waals surface area contributed by atoms with Gasteiger partial charge in [-0.15, -0.1) is 5.10 Å². The Kier molecular flexibility index (Phi) is 9.08. The van der Waals surface area contributed by atoms with Crippen molar-refractivity contribution in [1.82, 2.24) is 38.8 Å². The first-order valence-corrected chi connectivity index (χ1v) is 18.5. The third-order valence-corrected chi connectivity index (χ3v) is 11.5. The van der Waals surface area contributed by atoms with E-state index in [0.717, 1.165) is 22.7 Å². The smallest absolute Gasteiger partial charge is 0.416 e. The second-order valence-corrected chi connectivity index (χ2v) is 15.4. The Morgan fingerprint density at radius 1 is 1.02 bits per heavy atom. The molecule has 4 aliphatic rings. The summed E-state index contributed by atoms with van der Waals surface area (Å²) in [5.41, 5.74) is -1.91. The van der Waals surface area contributed by atoms with Gasteiger partial charge in [0.1, 0.15) is 18.0 Å². The van der Waals surface area contributed by atoms with Gasteiger partial charge < -0.3 is 29.7 Å². The average Bonchev–Trinajstić information content (AvgIpc) is 3.76. The fourth-order valence-corrected chi connectivity index (χ4v) is 8.51. The number of carbonyl (C=O) groups excluding carboxylic acids is 3. The van der Waals surface area contributed by atoms with Crippen LogP contribution in [0.2, 0.25) is 5.02 Å². The average molecular weight is 798 g/mol. The van der Waals surface area contributed by atoms with E-state index in [0.29, 0.717) is 55.5 Å². The number of pyridine rings is 1. The number of amides is 4. The first-order valence-electron chi connectivity index (χ1n) is 18.1. The van der Waals surface area contributed by atoms with Crippen molar-refractivity contribution in [3.05, 3.63) is 86.3 Å². The number of nitrogens with zero attached hydrogens (tertiary/aromatic N) is 8. The Labute approximate surface area is 321 Å². The number of carbonyl (C=O) groups is 3. The number of alkyl halides is 4. The van der Waals surface area contributed by atoms with Crippen LogP contribution < -0.4 is 10.9 Å². The van der Waals surface area contributed by atoms with Crippen LogP contribution in [0.15, 0.2) is 47.4 Å². The van der Waals surface area contributed by atoms with Crippen LogP contribution in [-0.4, -0.2) is 107 Å². The van der Waals surface area contributed by atoms with Gasteiger partial charge in [-0.25, -0.2) is 14.2 Å². The number of rotatable bonds is 5. The van der Waals surface area contributed by atoms with Gasteiger partial charge in [-0.05, 0) is 74.9 Å². The van der Waals surface area contributed by atoms with Gasteiger partial charge in [0.05, 0.1) is 29.4 Å². The summed E-state index contributed by atoms with van der Waals surface area (Å²) in [6, 6.07) is 5.23. The Balaban J connectivity index is 1.11. The molecule has 2 N–H and O–H groups in total. The topological polar surface area (TPSA) is 158 Å². The van der Waals surface area contributed by atoms with Gasteiger partial charge in [0.2, 0.25) is 11.7 Å². The molecule has 1 aliphatic carbocycles. The molecule has 2 saturated heterocycles. The molecule has 294 valence electrons. The SMILES string of the molecule is CC1(F)CN(C(=O)N2CC=C(c3nc4n(CC(=O)Nc5ccc(C(F)(F)F)cc5Cl)c5c(c(=O)n4n3)C3(CC5)CCN(C(=O)c4ncccc4O)CC3)CC2)C1. The number of nitrogens with one attached hydrogen (secondary N) is 1. The lowest BCUT2D eigenvalue weighted by molar-refractivity contribution is -0.137. The maximum Gasteiger partial charge on any atom is 0.416 e. The number of hydrogen-bond donors (Lipinski definition) is 2. The van der Waals surface area contributed by atoms with E-state index in [4.69, 9.17) is 16.6 Å². The summed E-state index contributed by atoms with van der Waals surface area (Å²) < 4.78 is 56.6. The molecule has 0 atom stereocenters. The van der Waals surface area contributed by atoms with Crippen molar-refractivity contribution in [2.75, 3.05) is 44.6 Å². The van der Waals surface area contributed by atoms with Gasteiger partial charge in [-0.2, -0.15) is 22.7 Å². The molecule has 0 bridgehead atoms. The normalized spacial score (nSPS) is 18.8. The number of anilines is 1. The summed E-state index contributed by atoms with van der Waals surface area (Å²) in [4.78, 5) is 67.7. The fourth-order valence-electron chi connectivity index (χ4n) is 8.28. The molecular formula is C37H36ClF4N9O5. The standard InChI is InChI=1S/C37H36ClF4N9O5/c1-35(39)19-49(20-35)34(56)48-13-7-21(8-14-48)30-45-33-50(18-27(53)44-24-5-4-22(17-23(24)38)37(40,41)42)25-6-9-36(28(25)31(54)51(33)46-30)10-15-47(16-11-36)32(55)29-26(52)3-2-12-43-29/h2-5,7,12,17,52H,6,8-11,13-16,18-20H2,1H3,(H,44,53). The summed E-state index contributed by atoms with van der Waals surface area (Å²) >= 11 is 6.15. The summed E-state index contributed by atoms with van der Waals surface area (Å²) in [6.07, 6.45) is 0.652. The highest BCUT2D eigenvalue weighted by molar-refractivity contribution is 6.33. The minimum absolute atomic E-state index is 0.0200. The number of aromatic hydroxyl groups is 1. The lowest BCUT2D eigenvalue weighted by Crippen LogP contribution is -2.62. The van der Waals surface area contributed by atoms with Crippen LogP contribution in [0.5, 0.6) is 5.75 Å². The number of hydrogen-bond acceptors (Lipinski definition) is 8. The lowest BCUT2D eigenvalue weighted by Gasteiger charge is -2.44. The molecule has 4 amide bonds. The molecule has 56 heavy (non-hydrogen) atoms. The van der Waals surface area contributed by atoms with Gasteiger partial charge >= 0.3 is 12.2 Å². The van der Waals surface area contributed by atoms with Crippen molar-refractivity contribution in [2.45, 2.75) is 62.8 Å². The molecule has 8 rings (SSSR count). The Hall–Kier alpha value is -5.52. The van der Waals surface area contributed by atoms with Crippen molar-refractivity contribution in [1.29, 1.82) is 0 Å². The van der Waals surface area contributed by atoms with Crippen molar-refractivity contribution in [3.63, 3.8) is 0 Å². The molecule has 14 nitrogen and oxygen atoms in total. The maximum atomic E-state index is 14.5. The highest BCUT2D eigenvalue weighted by Crippen LogP contribution is 2.45. The van der Waals surface area contributed by atoms with Crippen molar-refractivity contribution in [3.8, 4) is 5.75 Å². The lowest BCUT2D eigenvalue weighted by atomic mass is 9.74. The first kappa shape index (κ1) is 37.4. The Morgan fingerprint density at radius 2 is 1.77 bits per heavy atom. The van der Waals surface area contributed by atoms with Crippen LogP contribution in [0.4, 0.5) is 28.0 Å². The van der Waals surface area contributed by atoms with E-state index in [1.54, 1.807) is 20.4 Å². The summed E-state index contributed by atoms with van der Waals surface area (Å²) in [6.45, 7) is 2.17. The van der Waals surface area contributed by atoms with E-state index in [-0.39, 0.29) is 79.1 Å². The third kappa shape index (κ3) is 6.62. The first-order chi connectivity index (χ1) is 26.5. The number of fused-ring (bicyclic) bond motifs is 3. The molecule has 4 aromatic rings. The molecule has 2 fully saturated rings. The van der Waals surface area contributed by atoms with Gasteiger partial charge in [0.15, 0.2) is 11.5 Å². The van der Waals surface area contributed by atoms with Crippen molar-refractivity contribution < 1.29 is 37.1 Å². The zero-order valence-corrected chi connectivity index (χ0v) is 30.8. The van der Waals surface area contributed by atoms with Gasteiger partial charge in [-0.3, -0.25) is 14.4 Å². The van der Waals surface area contributed by atoms with E-state index >= 15 is 0 Å². The molecule has 0 saturated carbocycles. The van der Waals surface area contributed by atoms with E-state index in [9.17, 15) is 41.8 Å². The highest BCUT2D eigenvalue weighted by Gasteiger charge is 2.47. The molecule has 0 unspecified atom stereocenters. The number of halogens is 5. The number of benzene rings is 1. The Bertz CT molecular complexity index is 2380. The van der Waals surface area contributed by atoms with E-state index < -0.39 is 40.2 Å². The minimum atomic E-state index is -4.63. The number of urea groups is 1. The van der Waals surface area contributed by atoms with Gasteiger partial charge in [0, 0.05) is 49.0 Å². The van der Waals surface area contributed by atoms with Gasteiger partial charge in [-0.1, -0.05) is 17.7 Å². The number of aromatic nitrogens is 5. The minimum Gasteiger partial charge on any atom is -0.505 e. The summed E-state index contributed by atoms with van der Waals surface area (Å²) in [7, 11) is 0. The second-order valence-electron chi connectivity index (χ2n) is 15.0. The quantitative estimate of drug-likeness (QED) is 0.276. The van der Waals surface area contributed by atoms with Crippen LogP contribution in [0.25, 0.3) is 11.4 Å². The van der Waals surface area contributed by atoms with E-state index in [2.05, 4.69) is 15.4 Å². The number of likely N-dealkylation sites (tertiary alicyclic amines) is 2. The van der Waals surface area contributed by atoms with Crippen LogP contribution in [0, 0.1) is 0 Å². The van der Waals surface area contributed by atoms with Crippen molar-refractivity contribution >= 4 is 46.5 Å². The molecule has 6 heterocycles. The molecule has 0 radical (unpaired) electrons. The number of piperidine rings is 1. The highest BCUT2D eigenvalue weighted by atomic mass is 35.5. The molecular weight excluding hydrogens is 762 g/mol. The van der Waals surface area contributed by atoms with E-state index in [1.165, 1.54) is 30.2 Å². The zero-order chi connectivity index (χ0) is 39.7. The molecule has 3 aromatic heterocycles. The largest absolute Gasteiger partial charge is 0.505 e. The van der Waals surface area contributed by atoms with Crippen LogP contribution in [0.1, 0.15) is 65.7 Å². The predicted molar refractivity (Wildman–Crippen MR) is 194 cm³/mol. The van der Waals surface area contributed by atoms with Crippen molar-refractivity contribution in [2.24, 2.45) is 0 Å². The summed E-state index contributed by atoms with van der Waals surface area (Å²) in [5.74, 6) is -1.00. The molecule has 1 aromatic carbocycles. The van der Waals surface area contributed by atoms with Crippen LogP contribution in [-0.2, 0) is 29.4 Å². The van der Waals surface area contributed by atoms with Crippen LogP contribution in [0.3, 0.4) is 0 Å². The monoisotopic (exact) mass is 797 g/mol.